The first kappa shape index (κ1) is 18.8. The minimum absolute atomic E-state index is 0. The fraction of sp³-hybridized carbons (Fsp3) is 0.917. The zero-order valence-corrected chi connectivity index (χ0v) is 13.6. The van der Waals surface area contributed by atoms with Gasteiger partial charge in [0.2, 0.25) is 0 Å². The predicted octanol–water partition coefficient (Wildman–Crippen LogP) is 3.44. The summed E-state index contributed by atoms with van der Waals surface area (Å²) < 4.78 is 36.1. The van der Waals surface area contributed by atoms with Gasteiger partial charge < -0.3 is 10.6 Å². The van der Waals surface area contributed by atoms with Crippen molar-refractivity contribution in [1.29, 1.82) is 0 Å². The van der Waals surface area contributed by atoms with E-state index in [-0.39, 0.29) is 30.5 Å². The molecule has 1 aliphatic rings. The number of guanidine groups is 1. The van der Waals surface area contributed by atoms with Crippen LogP contribution in [0.2, 0.25) is 0 Å². The molecule has 0 saturated heterocycles. The molecule has 0 unspecified atom stereocenters. The van der Waals surface area contributed by atoms with Gasteiger partial charge in [-0.3, -0.25) is 4.99 Å². The quantitative estimate of drug-likeness (QED) is 0.436. The zero-order valence-electron chi connectivity index (χ0n) is 11.2. The molecular weight excluding hydrogens is 370 g/mol. The van der Waals surface area contributed by atoms with Crippen molar-refractivity contribution in [2.24, 2.45) is 4.99 Å². The van der Waals surface area contributed by atoms with Crippen LogP contribution in [-0.4, -0.2) is 31.3 Å². The van der Waals surface area contributed by atoms with Gasteiger partial charge in [0.25, 0.3) is 0 Å². The van der Waals surface area contributed by atoms with Crippen LogP contribution in [-0.2, 0) is 0 Å². The molecule has 0 aromatic carbocycles. The van der Waals surface area contributed by atoms with E-state index in [4.69, 9.17) is 0 Å². The Morgan fingerprint density at radius 1 is 1.21 bits per heavy atom. The molecule has 0 aliphatic heterocycles. The normalized spacial score (nSPS) is 17.8. The van der Waals surface area contributed by atoms with Gasteiger partial charge in [-0.2, -0.15) is 13.2 Å². The lowest BCUT2D eigenvalue weighted by Gasteiger charge is -2.24. The van der Waals surface area contributed by atoms with E-state index in [1.54, 1.807) is 0 Å². The topological polar surface area (TPSA) is 36.4 Å². The van der Waals surface area contributed by atoms with Gasteiger partial charge in [0.05, 0.1) is 13.0 Å². The van der Waals surface area contributed by atoms with Crippen LogP contribution in [0.25, 0.3) is 0 Å². The molecule has 3 nitrogen and oxygen atoms in total. The fourth-order valence-electron chi connectivity index (χ4n) is 2.05. The molecule has 7 heteroatoms. The summed E-state index contributed by atoms with van der Waals surface area (Å²) in [6, 6.07) is 0.349. The Bertz CT molecular complexity index is 263. The molecule has 0 spiro atoms. The van der Waals surface area contributed by atoms with E-state index in [1.165, 1.54) is 19.3 Å². The van der Waals surface area contributed by atoms with Gasteiger partial charge in [-0.05, 0) is 19.8 Å². The second-order valence-corrected chi connectivity index (χ2v) is 4.61. The molecule has 1 fully saturated rings. The van der Waals surface area contributed by atoms with Crippen LogP contribution in [0.4, 0.5) is 13.2 Å². The smallest absolute Gasteiger partial charge is 0.357 e. The third-order valence-corrected chi connectivity index (χ3v) is 2.96. The molecule has 0 atom stereocenters. The maximum atomic E-state index is 12.0. The molecule has 0 bridgehead atoms. The number of rotatable bonds is 4. The molecule has 0 heterocycles. The number of aliphatic imine (C=N–C) groups is 1. The van der Waals surface area contributed by atoms with Crippen LogP contribution in [0, 0.1) is 0 Å². The molecule has 0 radical (unpaired) electrons. The van der Waals surface area contributed by atoms with Crippen molar-refractivity contribution in [2.45, 2.75) is 57.7 Å². The molecule has 1 rings (SSSR count). The maximum Gasteiger partial charge on any atom is 0.390 e. The maximum absolute atomic E-state index is 12.0. The lowest BCUT2D eigenvalue weighted by molar-refractivity contribution is -0.132. The molecule has 0 aromatic heterocycles. The Labute approximate surface area is 129 Å². The largest absolute Gasteiger partial charge is 0.390 e. The molecule has 0 amide bonds. The van der Waals surface area contributed by atoms with Crippen molar-refractivity contribution in [2.75, 3.05) is 13.1 Å². The van der Waals surface area contributed by atoms with Crippen LogP contribution in [0.5, 0.6) is 0 Å². The number of nitrogens with one attached hydrogen (secondary N) is 2. The molecule has 19 heavy (non-hydrogen) atoms. The van der Waals surface area contributed by atoms with Gasteiger partial charge in [-0.25, -0.2) is 0 Å². The first-order valence-electron chi connectivity index (χ1n) is 6.63. The standard InChI is InChI=1S/C12H22F3N3.HI/c1-2-16-11(17-9-8-12(13,14)15)18-10-6-4-3-5-7-10;/h10H,2-9H2,1H3,(H2,16,17,18);1H. The van der Waals surface area contributed by atoms with Crippen LogP contribution in [0.15, 0.2) is 4.99 Å². The summed E-state index contributed by atoms with van der Waals surface area (Å²) >= 11 is 0. The van der Waals surface area contributed by atoms with Crippen LogP contribution in [0.1, 0.15) is 45.4 Å². The van der Waals surface area contributed by atoms with Crippen LogP contribution < -0.4 is 10.6 Å². The number of hydrogen-bond donors (Lipinski definition) is 2. The monoisotopic (exact) mass is 393 g/mol. The third-order valence-electron chi connectivity index (χ3n) is 2.96. The van der Waals surface area contributed by atoms with Crippen LogP contribution in [0.3, 0.4) is 0 Å². The fourth-order valence-corrected chi connectivity index (χ4v) is 2.05. The Kier molecular flexibility index (Phi) is 9.55. The Hall–Kier alpha value is -0.210. The summed E-state index contributed by atoms with van der Waals surface area (Å²) in [6.07, 6.45) is 0.756. The van der Waals surface area contributed by atoms with Gasteiger partial charge in [0.15, 0.2) is 5.96 Å². The molecule has 114 valence electrons. The highest BCUT2D eigenvalue weighted by Crippen LogP contribution is 2.19. The van der Waals surface area contributed by atoms with E-state index in [0.29, 0.717) is 18.5 Å². The van der Waals surface area contributed by atoms with Crippen molar-refractivity contribution >= 4 is 29.9 Å². The van der Waals surface area contributed by atoms with Crippen molar-refractivity contribution < 1.29 is 13.2 Å². The number of halogens is 4. The van der Waals surface area contributed by atoms with E-state index in [9.17, 15) is 13.2 Å². The van der Waals surface area contributed by atoms with E-state index >= 15 is 0 Å². The SMILES string of the molecule is CCNC(=NCCC(F)(F)F)NC1CCCCC1.I. The predicted molar refractivity (Wildman–Crippen MR) is 82.1 cm³/mol. The van der Waals surface area contributed by atoms with Gasteiger partial charge in [-0.1, -0.05) is 19.3 Å². The summed E-state index contributed by atoms with van der Waals surface area (Å²) in [5.41, 5.74) is 0. The van der Waals surface area contributed by atoms with E-state index in [1.807, 2.05) is 6.92 Å². The highest BCUT2D eigenvalue weighted by molar-refractivity contribution is 14.0. The highest BCUT2D eigenvalue weighted by Gasteiger charge is 2.26. The number of hydrogen-bond acceptors (Lipinski definition) is 1. The number of alkyl halides is 3. The second kappa shape index (κ2) is 9.66. The summed E-state index contributed by atoms with van der Waals surface area (Å²) in [7, 11) is 0. The van der Waals surface area contributed by atoms with E-state index < -0.39 is 12.6 Å². The van der Waals surface area contributed by atoms with Gasteiger partial charge in [0, 0.05) is 12.6 Å². The van der Waals surface area contributed by atoms with E-state index in [2.05, 4.69) is 15.6 Å². The molecule has 0 aromatic rings. The summed E-state index contributed by atoms with van der Waals surface area (Å²) in [5.74, 6) is 0.508. The van der Waals surface area contributed by atoms with Gasteiger partial charge in [0.1, 0.15) is 0 Å². The van der Waals surface area contributed by atoms with Crippen molar-refractivity contribution in [1.82, 2.24) is 10.6 Å². The Morgan fingerprint density at radius 2 is 1.84 bits per heavy atom. The lowest BCUT2D eigenvalue weighted by atomic mass is 9.96. The highest BCUT2D eigenvalue weighted by atomic mass is 127. The first-order valence-corrected chi connectivity index (χ1v) is 6.63. The Morgan fingerprint density at radius 3 is 2.37 bits per heavy atom. The van der Waals surface area contributed by atoms with E-state index in [0.717, 1.165) is 12.8 Å². The van der Waals surface area contributed by atoms with Crippen LogP contribution >= 0.6 is 24.0 Å². The molecular formula is C12H23F3IN3. The van der Waals surface area contributed by atoms with Crippen molar-refractivity contribution in [3.05, 3.63) is 0 Å². The summed E-state index contributed by atoms with van der Waals surface area (Å²) in [4.78, 5) is 3.97. The molecule has 1 aliphatic carbocycles. The Balaban J connectivity index is 0.00000324. The average Bonchev–Trinajstić information content (AvgIpc) is 2.29. The molecule has 2 N–H and O–H groups in total. The molecule has 1 saturated carbocycles. The lowest BCUT2D eigenvalue weighted by Crippen LogP contribution is -2.44. The third kappa shape index (κ3) is 9.34. The van der Waals surface area contributed by atoms with Crippen molar-refractivity contribution in [3.8, 4) is 0 Å². The summed E-state index contributed by atoms with van der Waals surface area (Å²) in [5, 5.41) is 6.20. The van der Waals surface area contributed by atoms with Crippen molar-refractivity contribution in [3.63, 3.8) is 0 Å². The van der Waals surface area contributed by atoms with Gasteiger partial charge in [-0.15, -0.1) is 24.0 Å². The second-order valence-electron chi connectivity index (χ2n) is 4.61. The average molecular weight is 393 g/mol. The minimum Gasteiger partial charge on any atom is -0.357 e. The number of nitrogens with zero attached hydrogens (tertiary/aromatic N) is 1. The zero-order chi connectivity index (χ0) is 13.4. The van der Waals surface area contributed by atoms with Gasteiger partial charge >= 0.3 is 6.18 Å². The minimum atomic E-state index is -4.13. The summed E-state index contributed by atoms with van der Waals surface area (Å²) in [6.45, 7) is 2.35. The first-order chi connectivity index (χ1) is 8.51.